The van der Waals surface area contributed by atoms with Crippen molar-refractivity contribution >= 4 is 40.2 Å². The zero-order chi connectivity index (χ0) is 37.8. The van der Waals surface area contributed by atoms with Crippen LogP contribution in [0.5, 0.6) is 0 Å². The Bertz CT molecular complexity index is 1910. The molecule has 1 aliphatic heterocycles. The quantitative estimate of drug-likeness (QED) is 0.126. The van der Waals surface area contributed by atoms with Crippen molar-refractivity contribution in [2.45, 2.75) is 98.1 Å². The lowest BCUT2D eigenvalue weighted by molar-refractivity contribution is -0.155. The van der Waals surface area contributed by atoms with E-state index in [0.29, 0.717) is 49.7 Å². The molecule has 5 rings (SSSR count). The van der Waals surface area contributed by atoms with Gasteiger partial charge in [0.25, 0.3) is 0 Å². The van der Waals surface area contributed by atoms with Gasteiger partial charge in [0.15, 0.2) is 0 Å². The largest absolute Gasteiger partial charge is 0.480 e. The number of nitrogens with zero attached hydrogens (tertiary/aromatic N) is 4. The molecule has 0 spiro atoms. The van der Waals surface area contributed by atoms with Gasteiger partial charge in [-0.1, -0.05) is 13.8 Å². The van der Waals surface area contributed by atoms with Crippen molar-refractivity contribution in [1.29, 1.82) is 0 Å². The van der Waals surface area contributed by atoms with Crippen LogP contribution in [-0.4, -0.2) is 79.6 Å². The number of carboxylic acid groups (broad SMARTS) is 1. The molecule has 0 bridgehead atoms. The first kappa shape index (κ1) is 38.9. The number of aromatic nitrogens is 3. The van der Waals surface area contributed by atoms with Crippen LogP contribution in [0.3, 0.4) is 0 Å². The molecule has 3 aromatic heterocycles. The number of rotatable bonds is 13. The Morgan fingerprint density at radius 3 is 2.62 bits per heavy atom. The minimum absolute atomic E-state index is 0.00363. The molecule has 1 aliphatic rings. The lowest BCUT2D eigenvalue weighted by Gasteiger charge is -2.34. The van der Waals surface area contributed by atoms with Crippen molar-refractivity contribution in [3.63, 3.8) is 0 Å². The summed E-state index contributed by atoms with van der Waals surface area (Å²) < 4.78 is 13.3. The number of fused-ring (bicyclic) bond motifs is 1. The number of alkyl carbamates (subject to hydrolysis) is 1. The molecule has 2 atom stereocenters. The lowest BCUT2D eigenvalue weighted by Crippen LogP contribution is -2.56. The van der Waals surface area contributed by atoms with E-state index in [9.17, 15) is 24.6 Å². The van der Waals surface area contributed by atoms with E-state index in [2.05, 4.69) is 45.4 Å². The molecule has 4 aromatic rings. The number of carboxylic acids is 1. The summed E-state index contributed by atoms with van der Waals surface area (Å²) in [4.78, 5) is 48.1. The number of carbonyl (C=O) groups excluding carboxylic acids is 2. The summed E-state index contributed by atoms with van der Waals surface area (Å²) in [6.07, 6.45) is 2.38. The summed E-state index contributed by atoms with van der Waals surface area (Å²) in [6.45, 7) is 13.0. The normalized spacial score (nSPS) is 15.8. The van der Waals surface area contributed by atoms with E-state index >= 15 is 0 Å². The number of carbonyl (C=O) groups is 3. The number of aryl methyl sites for hydroxylation is 1. The first-order valence-corrected chi connectivity index (χ1v) is 18.5. The van der Waals surface area contributed by atoms with Crippen LogP contribution < -0.4 is 10.7 Å². The van der Waals surface area contributed by atoms with Crippen LogP contribution in [-0.2, 0) is 38.6 Å². The van der Waals surface area contributed by atoms with Crippen LogP contribution in [0.1, 0.15) is 83.8 Å². The Kier molecular flexibility index (Phi) is 12.0. The van der Waals surface area contributed by atoms with E-state index in [-0.39, 0.29) is 13.0 Å². The number of aliphatic hydroxyl groups excluding tert-OH is 1. The SMILES string of the molecule is CCn1c(-c2cccnc2COC)c(CC(C)(C)CO)c2cc(-c3nc(C(CC(=O)N4NCCCC4C(=O)O)NC(=O)OC(C)(C)C)cs3)ccc21. The number of amides is 2. The molecule has 0 radical (unpaired) electrons. The van der Waals surface area contributed by atoms with Gasteiger partial charge in [0, 0.05) is 60.4 Å². The third-order valence-electron chi connectivity index (χ3n) is 8.99. The topological polar surface area (TPSA) is 168 Å². The van der Waals surface area contributed by atoms with Crippen molar-refractivity contribution in [1.82, 2.24) is 30.3 Å². The van der Waals surface area contributed by atoms with Gasteiger partial charge in [-0.25, -0.2) is 20.0 Å². The van der Waals surface area contributed by atoms with Gasteiger partial charge in [-0.3, -0.25) is 14.8 Å². The highest BCUT2D eigenvalue weighted by Gasteiger charge is 2.35. The van der Waals surface area contributed by atoms with Crippen molar-refractivity contribution in [2.75, 3.05) is 20.3 Å². The number of aliphatic hydroxyl groups is 1. The van der Waals surface area contributed by atoms with Crippen LogP contribution in [0.4, 0.5) is 4.79 Å². The number of methoxy groups -OCH3 is 1. The average Bonchev–Trinajstić information content (AvgIpc) is 3.70. The van der Waals surface area contributed by atoms with Crippen molar-refractivity contribution in [3.05, 3.63) is 58.9 Å². The zero-order valence-corrected chi connectivity index (χ0v) is 31.8. The summed E-state index contributed by atoms with van der Waals surface area (Å²) in [7, 11) is 1.65. The number of thiazole rings is 1. The van der Waals surface area contributed by atoms with E-state index in [1.807, 2.05) is 26.0 Å². The van der Waals surface area contributed by atoms with Crippen LogP contribution >= 0.6 is 11.3 Å². The molecule has 280 valence electrons. The molecule has 1 fully saturated rings. The molecule has 2 unspecified atom stereocenters. The Labute approximate surface area is 308 Å². The third kappa shape index (κ3) is 8.80. The summed E-state index contributed by atoms with van der Waals surface area (Å²) in [5, 5.41) is 27.6. The van der Waals surface area contributed by atoms with Crippen LogP contribution in [0.25, 0.3) is 32.7 Å². The second kappa shape index (κ2) is 16.1. The lowest BCUT2D eigenvalue weighted by atomic mass is 9.84. The number of ether oxygens (including phenoxy) is 2. The molecule has 0 aliphatic carbocycles. The maximum atomic E-state index is 13.6. The van der Waals surface area contributed by atoms with E-state index in [1.165, 1.54) is 11.3 Å². The fourth-order valence-corrected chi connectivity index (χ4v) is 7.44. The number of hydrazine groups is 1. The van der Waals surface area contributed by atoms with Crippen LogP contribution in [0.15, 0.2) is 41.9 Å². The van der Waals surface area contributed by atoms with E-state index in [0.717, 1.165) is 44.0 Å². The number of benzene rings is 1. The Morgan fingerprint density at radius 2 is 1.94 bits per heavy atom. The molecular formula is C38H50N6O7S. The predicted molar refractivity (Wildman–Crippen MR) is 199 cm³/mol. The van der Waals surface area contributed by atoms with E-state index < -0.39 is 41.1 Å². The molecule has 1 aromatic carbocycles. The molecular weight excluding hydrogens is 685 g/mol. The van der Waals surface area contributed by atoms with E-state index in [1.54, 1.807) is 39.5 Å². The Balaban J connectivity index is 1.57. The summed E-state index contributed by atoms with van der Waals surface area (Å²) in [5.74, 6) is -1.57. The summed E-state index contributed by atoms with van der Waals surface area (Å²) in [5.41, 5.74) is 7.97. The first-order valence-electron chi connectivity index (χ1n) is 17.6. The first-order chi connectivity index (χ1) is 24.7. The van der Waals surface area contributed by atoms with Crippen LogP contribution in [0.2, 0.25) is 0 Å². The number of pyridine rings is 1. The van der Waals surface area contributed by atoms with Gasteiger partial charge in [-0.05, 0) is 88.3 Å². The molecule has 1 saturated heterocycles. The molecule has 14 heteroatoms. The van der Waals surface area contributed by atoms with Crippen molar-refractivity contribution < 1.29 is 34.1 Å². The molecule has 0 saturated carbocycles. The van der Waals surface area contributed by atoms with Gasteiger partial charge < -0.3 is 29.6 Å². The second-order valence-corrected chi connectivity index (χ2v) is 15.7. The van der Waals surface area contributed by atoms with Gasteiger partial charge in [0.2, 0.25) is 5.91 Å². The van der Waals surface area contributed by atoms with E-state index in [4.69, 9.17) is 14.5 Å². The fourth-order valence-electron chi connectivity index (χ4n) is 6.57. The minimum atomic E-state index is -1.09. The minimum Gasteiger partial charge on any atom is -0.480 e. The number of nitrogens with one attached hydrogen (secondary N) is 2. The van der Waals surface area contributed by atoms with Gasteiger partial charge in [0.1, 0.15) is 16.7 Å². The zero-order valence-electron chi connectivity index (χ0n) is 31.0. The smallest absolute Gasteiger partial charge is 0.408 e. The van der Waals surface area contributed by atoms with Gasteiger partial charge >= 0.3 is 12.1 Å². The van der Waals surface area contributed by atoms with Crippen molar-refractivity contribution in [3.8, 4) is 21.8 Å². The molecule has 2 amide bonds. The molecule has 4 N–H and O–H groups in total. The van der Waals surface area contributed by atoms with Crippen LogP contribution in [0, 0.1) is 5.41 Å². The summed E-state index contributed by atoms with van der Waals surface area (Å²) >= 11 is 1.38. The van der Waals surface area contributed by atoms with Gasteiger partial charge in [-0.15, -0.1) is 11.3 Å². The highest BCUT2D eigenvalue weighted by Crippen LogP contribution is 2.41. The highest BCUT2D eigenvalue weighted by molar-refractivity contribution is 7.13. The molecule has 13 nitrogen and oxygen atoms in total. The average molecular weight is 735 g/mol. The monoisotopic (exact) mass is 734 g/mol. The summed E-state index contributed by atoms with van der Waals surface area (Å²) in [6, 6.07) is 8.29. The predicted octanol–water partition coefficient (Wildman–Crippen LogP) is 6.09. The molecule has 52 heavy (non-hydrogen) atoms. The van der Waals surface area contributed by atoms with Crippen molar-refractivity contribution in [2.24, 2.45) is 5.41 Å². The second-order valence-electron chi connectivity index (χ2n) is 14.9. The maximum absolute atomic E-state index is 13.6. The fraction of sp³-hybridized carbons (Fsp3) is 0.500. The third-order valence-corrected chi connectivity index (χ3v) is 9.90. The van der Waals surface area contributed by atoms with Gasteiger partial charge in [-0.2, -0.15) is 0 Å². The maximum Gasteiger partial charge on any atom is 0.408 e. The molecule has 4 heterocycles. The highest BCUT2D eigenvalue weighted by atomic mass is 32.1. The van der Waals surface area contributed by atoms with Gasteiger partial charge in [0.05, 0.1) is 36.2 Å². The number of hydrogen-bond donors (Lipinski definition) is 4. The number of hydrogen-bond acceptors (Lipinski definition) is 10. The number of aliphatic carboxylic acids is 1. The Morgan fingerprint density at radius 1 is 1.17 bits per heavy atom. The standard InChI is InChI=1S/C38H50N6O7S/c1-8-43-30-14-13-23(17-25(30)26(19-38(5,6)22-45)33(43)24-11-9-15-39-28(24)20-50-7)34-41-29(21-52-34)27(42-36(49)51-37(2,3)4)18-32(46)44-31(35(47)48)12-10-16-40-44/h9,11,13-15,17,21,27,31,40,45H,8,10,12,16,18-20,22H2,1-7H3,(H,42,49)(H,47,48). The Hall–Kier alpha value is -4.37.